The van der Waals surface area contributed by atoms with Crippen molar-refractivity contribution in [2.45, 2.75) is 17.3 Å². The molecule has 3 rings (SSSR count). The Labute approximate surface area is 135 Å². The van der Waals surface area contributed by atoms with E-state index in [1.165, 1.54) is 21.1 Å². The minimum absolute atomic E-state index is 1.05. The second-order valence-electron chi connectivity index (χ2n) is 6.59. The van der Waals surface area contributed by atoms with Gasteiger partial charge in [-0.1, -0.05) is 0 Å². The van der Waals surface area contributed by atoms with Crippen LogP contribution in [0.1, 0.15) is 0 Å². The first kappa shape index (κ1) is 15.0. The zero-order valence-corrected chi connectivity index (χ0v) is 15.5. The van der Waals surface area contributed by atoms with E-state index in [9.17, 15) is 0 Å². The molecule has 3 aromatic rings. The van der Waals surface area contributed by atoms with E-state index in [-0.39, 0.29) is 0 Å². The van der Waals surface area contributed by atoms with Crippen LogP contribution in [-0.2, 0) is 0 Å². The quantitative estimate of drug-likeness (QED) is 0.610. The fourth-order valence-electron chi connectivity index (χ4n) is 2.57. The van der Waals surface area contributed by atoms with Gasteiger partial charge in [-0.05, 0) is 0 Å². The first-order valence-electron chi connectivity index (χ1n) is 7.67. The predicted molar refractivity (Wildman–Crippen MR) is 98.1 cm³/mol. The van der Waals surface area contributed by atoms with E-state index in [4.69, 9.17) is 4.98 Å². The maximum atomic E-state index is 4.75. The molecule has 0 amide bonds. The van der Waals surface area contributed by atoms with Crippen molar-refractivity contribution >= 4 is 17.7 Å². The summed E-state index contributed by atoms with van der Waals surface area (Å²) in [5.74, 6) is 7.19. The number of rotatable bonds is 3. The summed E-state index contributed by atoms with van der Waals surface area (Å²) in [4.78, 5) is 4.75. The van der Waals surface area contributed by atoms with Crippen LogP contribution in [0.15, 0.2) is 72.9 Å². The van der Waals surface area contributed by atoms with Crippen molar-refractivity contribution < 1.29 is 0 Å². The Hall–Kier alpha value is -1.87. The Morgan fingerprint density at radius 3 is 1.91 bits per heavy atom. The van der Waals surface area contributed by atoms with Gasteiger partial charge in [0.1, 0.15) is 0 Å². The number of nitrogens with zero attached hydrogens (tertiary/aromatic N) is 1. The van der Waals surface area contributed by atoms with Crippen LogP contribution in [0.4, 0.5) is 0 Å². The molecule has 0 bridgehead atoms. The van der Waals surface area contributed by atoms with Gasteiger partial charge in [0.05, 0.1) is 0 Å². The van der Waals surface area contributed by atoms with Gasteiger partial charge in [0.15, 0.2) is 0 Å². The van der Waals surface area contributed by atoms with Crippen molar-refractivity contribution in [2.75, 3.05) is 0 Å². The average molecular weight is 348 g/mol. The van der Waals surface area contributed by atoms with E-state index in [2.05, 4.69) is 90.2 Å². The Kier molecular flexibility index (Phi) is 4.17. The van der Waals surface area contributed by atoms with Gasteiger partial charge in [-0.2, -0.15) is 0 Å². The molecule has 0 saturated heterocycles. The molecule has 0 radical (unpaired) electrons. The van der Waals surface area contributed by atoms with Crippen molar-refractivity contribution in [1.82, 2.24) is 4.98 Å². The summed E-state index contributed by atoms with van der Waals surface area (Å²) in [5.41, 5.74) is 4.72. The predicted octanol–water partition coefficient (Wildman–Crippen LogP) is 4.96. The summed E-state index contributed by atoms with van der Waals surface area (Å²) >= 11 is -1.80. The summed E-state index contributed by atoms with van der Waals surface area (Å²) in [6.07, 6.45) is 2.08. The SMILES string of the molecule is [CH3][Ge]([CH3])([CH3])[c]1ccc(-c2ccccc2-c2ccccc2)nc1. The first-order chi connectivity index (χ1) is 10.6. The summed E-state index contributed by atoms with van der Waals surface area (Å²) in [5, 5.41) is 0. The van der Waals surface area contributed by atoms with Crippen molar-refractivity contribution in [1.29, 1.82) is 0 Å². The molecule has 0 spiro atoms. The van der Waals surface area contributed by atoms with Crippen molar-refractivity contribution in [3.05, 3.63) is 72.9 Å². The van der Waals surface area contributed by atoms with E-state index < -0.39 is 13.3 Å². The van der Waals surface area contributed by atoms with E-state index in [1.54, 1.807) is 0 Å². The summed E-state index contributed by atoms with van der Waals surface area (Å²) < 4.78 is 1.45. The Morgan fingerprint density at radius 2 is 1.32 bits per heavy atom. The number of hydrogen-bond acceptors (Lipinski definition) is 1. The van der Waals surface area contributed by atoms with Crippen LogP contribution in [0.5, 0.6) is 0 Å². The van der Waals surface area contributed by atoms with Crippen LogP contribution in [-0.4, -0.2) is 18.3 Å². The molecule has 0 unspecified atom stereocenters. The fraction of sp³-hybridized carbons (Fsp3) is 0.150. The van der Waals surface area contributed by atoms with E-state index >= 15 is 0 Å². The summed E-state index contributed by atoms with van der Waals surface area (Å²) in [6.45, 7) is 0. The van der Waals surface area contributed by atoms with Gasteiger partial charge in [0, 0.05) is 0 Å². The normalized spacial score (nSPS) is 11.4. The molecule has 1 nitrogen and oxygen atoms in total. The molecule has 0 fully saturated rings. The van der Waals surface area contributed by atoms with Gasteiger partial charge in [0.2, 0.25) is 0 Å². The van der Waals surface area contributed by atoms with Gasteiger partial charge in [0.25, 0.3) is 0 Å². The molecule has 110 valence electrons. The topological polar surface area (TPSA) is 12.9 Å². The molecule has 0 aliphatic carbocycles. The summed E-state index contributed by atoms with van der Waals surface area (Å²) in [6, 6.07) is 23.4. The minimum atomic E-state index is -1.80. The Bertz CT molecular complexity index is 756. The summed E-state index contributed by atoms with van der Waals surface area (Å²) in [7, 11) is 0. The van der Waals surface area contributed by atoms with Crippen molar-refractivity contribution in [3.63, 3.8) is 0 Å². The molecule has 0 N–H and O–H groups in total. The number of pyridine rings is 1. The third kappa shape index (κ3) is 3.15. The molecule has 2 heteroatoms. The third-order valence-corrected chi connectivity index (χ3v) is 8.17. The van der Waals surface area contributed by atoms with Crippen LogP contribution in [0.3, 0.4) is 0 Å². The van der Waals surface area contributed by atoms with Gasteiger partial charge < -0.3 is 0 Å². The van der Waals surface area contributed by atoms with E-state index in [1.807, 2.05) is 0 Å². The van der Waals surface area contributed by atoms with Crippen molar-refractivity contribution in [2.24, 2.45) is 0 Å². The molecule has 2 aromatic carbocycles. The van der Waals surface area contributed by atoms with Gasteiger partial charge in [-0.15, -0.1) is 0 Å². The van der Waals surface area contributed by atoms with Crippen LogP contribution in [0.25, 0.3) is 22.4 Å². The first-order valence-corrected chi connectivity index (χ1v) is 15.0. The van der Waals surface area contributed by atoms with Crippen molar-refractivity contribution in [3.8, 4) is 22.4 Å². The zero-order valence-electron chi connectivity index (χ0n) is 13.4. The molecule has 0 aliphatic heterocycles. The molecule has 22 heavy (non-hydrogen) atoms. The third-order valence-electron chi connectivity index (χ3n) is 3.92. The number of hydrogen-bond donors (Lipinski definition) is 0. The monoisotopic (exact) mass is 349 g/mol. The van der Waals surface area contributed by atoms with E-state index in [0.29, 0.717) is 0 Å². The zero-order chi connectivity index (χ0) is 15.6. The standard InChI is InChI=1S/C20H21GeN/c1-21(2,3)17-13-14-20(22-15-17)19-12-8-7-11-18(19)16-9-5-4-6-10-16/h4-15H,1-3H3. The van der Waals surface area contributed by atoms with Gasteiger partial charge in [-0.3, -0.25) is 0 Å². The number of aromatic nitrogens is 1. The molecule has 1 aromatic heterocycles. The second kappa shape index (κ2) is 6.09. The molecule has 1 heterocycles. The maximum absolute atomic E-state index is 4.75. The van der Waals surface area contributed by atoms with Crippen LogP contribution in [0.2, 0.25) is 17.3 Å². The molecule has 0 saturated carbocycles. The van der Waals surface area contributed by atoms with Gasteiger partial charge >= 0.3 is 135 Å². The fourth-order valence-corrected chi connectivity index (χ4v) is 4.74. The Balaban J connectivity index is 2.06. The van der Waals surface area contributed by atoms with Crippen LogP contribution < -0.4 is 4.40 Å². The molecule has 0 aliphatic rings. The molecular formula is C20H21GeN. The van der Waals surface area contributed by atoms with Gasteiger partial charge in [-0.25, -0.2) is 0 Å². The number of benzene rings is 2. The van der Waals surface area contributed by atoms with Crippen LogP contribution in [0, 0.1) is 0 Å². The Morgan fingerprint density at radius 1 is 0.682 bits per heavy atom. The van der Waals surface area contributed by atoms with E-state index in [0.717, 1.165) is 5.69 Å². The van der Waals surface area contributed by atoms with Crippen LogP contribution >= 0.6 is 0 Å². The molecule has 0 atom stereocenters. The molecular weight excluding hydrogens is 327 g/mol. The second-order valence-corrected chi connectivity index (χ2v) is 17.2. The average Bonchev–Trinajstić information content (AvgIpc) is 2.55.